The molecule has 0 unspecified atom stereocenters. The van der Waals surface area contributed by atoms with Crippen molar-refractivity contribution in [2.24, 2.45) is 0 Å². The number of hydrogen-bond acceptors (Lipinski definition) is 0. The minimum atomic E-state index is 1.05. The maximum atomic E-state index is 2.35. The van der Waals surface area contributed by atoms with Crippen molar-refractivity contribution < 1.29 is 0 Å². The van der Waals surface area contributed by atoms with Gasteiger partial charge in [-0.2, -0.15) is 0 Å². The van der Waals surface area contributed by atoms with Gasteiger partial charge >= 0.3 is 0 Å². The number of rotatable bonds is 4. The Balaban J connectivity index is 2.30. The Morgan fingerprint density at radius 3 is 2.11 bits per heavy atom. The van der Waals surface area contributed by atoms with E-state index in [4.69, 9.17) is 0 Å². The first kappa shape index (κ1) is 12.9. The van der Waals surface area contributed by atoms with E-state index >= 15 is 0 Å². The second-order valence-corrected chi connectivity index (χ2v) is 4.98. The largest absolute Gasteiger partial charge is 0.0620 e. The zero-order valence-electron chi connectivity index (χ0n) is 11.7. The van der Waals surface area contributed by atoms with Gasteiger partial charge in [0.25, 0.3) is 0 Å². The molecule has 0 aliphatic carbocycles. The van der Waals surface area contributed by atoms with E-state index in [9.17, 15) is 0 Å². The second kappa shape index (κ2) is 5.86. The Morgan fingerprint density at radius 2 is 1.44 bits per heavy atom. The highest BCUT2D eigenvalue weighted by molar-refractivity contribution is 5.36. The van der Waals surface area contributed by atoms with E-state index in [0.717, 1.165) is 19.3 Å². The monoisotopic (exact) mass is 238 g/mol. The number of aryl methyl sites for hydroxylation is 3. The summed E-state index contributed by atoms with van der Waals surface area (Å²) < 4.78 is 0. The Labute approximate surface area is 111 Å². The highest BCUT2D eigenvalue weighted by Gasteiger charge is 2.03. The highest BCUT2D eigenvalue weighted by Crippen LogP contribution is 2.18. The maximum absolute atomic E-state index is 2.35. The topological polar surface area (TPSA) is 0 Å². The molecule has 0 heterocycles. The van der Waals surface area contributed by atoms with Crippen molar-refractivity contribution in [1.29, 1.82) is 0 Å². The quantitative estimate of drug-likeness (QED) is 0.723. The normalized spacial score (nSPS) is 10.6. The minimum Gasteiger partial charge on any atom is -0.0620 e. The van der Waals surface area contributed by atoms with Gasteiger partial charge in [0.2, 0.25) is 0 Å². The molecule has 0 radical (unpaired) electrons. The molecule has 94 valence electrons. The average Bonchev–Trinajstić information content (AvgIpc) is 2.38. The van der Waals surface area contributed by atoms with Crippen LogP contribution < -0.4 is 0 Å². The maximum Gasteiger partial charge on any atom is -0.00228 e. The molecular weight excluding hydrogens is 216 g/mol. The van der Waals surface area contributed by atoms with E-state index in [2.05, 4.69) is 63.2 Å². The molecule has 0 aromatic heterocycles. The van der Waals surface area contributed by atoms with Crippen molar-refractivity contribution in [3.63, 3.8) is 0 Å². The Kier molecular flexibility index (Phi) is 4.19. The molecule has 18 heavy (non-hydrogen) atoms. The molecule has 0 aliphatic rings. The molecule has 0 atom stereocenters. The van der Waals surface area contributed by atoms with E-state index < -0.39 is 0 Å². The van der Waals surface area contributed by atoms with Gasteiger partial charge in [0, 0.05) is 0 Å². The van der Waals surface area contributed by atoms with E-state index in [1.54, 1.807) is 0 Å². The molecule has 2 aromatic carbocycles. The van der Waals surface area contributed by atoms with Crippen molar-refractivity contribution in [1.82, 2.24) is 0 Å². The zero-order chi connectivity index (χ0) is 13.0. The van der Waals surface area contributed by atoms with Crippen molar-refractivity contribution >= 4 is 0 Å². The molecule has 0 amide bonds. The molecule has 0 saturated heterocycles. The SMILES string of the molecule is CCc1cc(C)cc(Cc2ccccc2CC)c1. The summed E-state index contributed by atoms with van der Waals surface area (Å²) in [6.07, 6.45) is 3.28. The third-order valence-corrected chi connectivity index (χ3v) is 3.50. The summed E-state index contributed by atoms with van der Waals surface area (Å²) in [4.78, 5) is 0. The lowest BCUT2D eigenvalue weighted by Gasteiger charge is -2.10. The van der Waals surface area contributed by atoms with E-state index in [0.29, 0.717) is 0 Å². The lowest BCUT2D eigenvalue weighted by Crippen LogP contribution is -1.96. The van der Waals surface area contributed by atoms with Gasteiger partial charge in [0.1, 0.15) is 0 Å². The molecule has 2 rings (SSSR count). The van der Waals surface area contributed by atoms with Crippen LogP contribution in [0.25, 0.3) is 0 Å². The molecule has 2 aromatic rings. The molecular formula is C18H22. The highest BCUT2D eigenvalue weighted by atomic mass is 14.1. The predicted molar refractivity (Wildman–Crippen MR) is 79.2 cm³/mol. The van der Waals surface area contributed by atoms with Crippen LogP contribution in [0.4, 0.5) is 0 Å². The summed E-state index contributed by atoms with van der Waals surface area (Å²) in [6, 6.07) is 15.7. The van der Waals surface area contributed by atoms with E-state index in [1.165, 1.54) is 27.8 Å². The van der Waals surface area contributed by atoms with Crippen molar-refractivity contribution in [2.45, 2.75) is 40.0 Å². The Hall–Kier alpha value is -1.56. The summed E-state index contributed by atoms with van der Waals surface area (Å²) in [5.41, 5.74) is 7.19. The van der Waals surface area contributed by atoms with Crippen LogP contribution in [0.3, 0.4) is 0 Å². The first-order chi connectivity index (χ1) is 8.72. The smallest absolute Gasteiger partial charge is 0.00228 e. The molecule has 0 nitrogen and oxygen atoms in total. The molecule has 0 bridgehead atoms. The first-order valence-electron chi connectivity index (χ1n) is 6.89. The summed E-state index contributed by atoms with van der Waals surface area (Å²) in [6.45, 7) is 6.64. The van der Waals surface area contributed by atoms with Crippen molar-refractivity contribution in [2.75, 3.05) is 0 Å². The van der Waals surface area contributed by atoms with Gasteiger partial charge in [-0.1, -0.05) is 61.9 Å². The van der Waals surface area contributed by atoms with Gasteiger partial charge < -0.3 is 0 Å². The van der Waals surface area contributed by atoms with Crippen LogP contribution in [0, 0.1) is 6.92 Å². The summed E-state index contributed by atoms with van der Waals surface area (Å²) >= 11 is 0. The summed E-state index contributed by atoms with van der Waals surface area (Å²) in [5, 5.41) is 0. The number of hydrogen-bond donors (Lipinski definition) is 0. The van der Waals surface area contributed by atoms with Crippen LogP contribution in [0.1, 0.15) is 41.7 Å². The average molecular weight is 238 g/mol. The van der Waals surface area contributed by atoms with E-state index in [-0.39, 0.29) is 0 Å². The van der Waals surface area contributed by atoms with Gasteiger partial charge in [-0.15, -0.1) is 0 Å². The zero-order valence-corrected chi connectivity index (χ0v) is 11.7. The third kappa shape index (κ3) is 3.01. The van der Waals surface area contributed by atoms with Crippen LogP contribution in [0.5, 0.6) is 0 Å². The van der Waals surface area contributed by atoms with Crippen LogP contribution >= 0.6 is 0 Å². The Morgan fingerprint density at radius 1 is 0.778 bits per heavy atom. The first-order valence-corrected chi connectivity index (χ1v) is 6.89. The van der Waals surface area contributed by atoms with Gasteiger partial charge in [-0.25, -0.2) is 0 Å². The fourth-order valence-electron chi connectivity index (χ4n) is 2.55. The lowest BCUT2D eigenvalue weighted by molar-refractivity contribution is 1.05. The lowest BCUT2D eigenvalue weighted by atomic mass is 9.95. The molecule has 0 saturated carbocycles. The summed E-state index contributed by atoms with van der Waals surface area (Å²) in [7, 11) is 0. The van der Waals surface area contributed by atoms with Crippen LogP contribution in [0.15, 0.2) is 42.5 Å². The van der Waals surface area contributed by atoms with Gasteiger partial charge in [-0.3, -0.25) is 0 Å². The molecule has 0 fully saturated rings. The van der Waals surface area contributed by atoms with E-state index in [1.807, 2.05) is 0 Å². The fraction of sp³-hybridized carbons (Fsp3) is 0.333. The predicted octanol–water partition coefficient (Wildman–Crippen LogP) is 4.71. The fourth-order valence-corrected chi connectivity index (χ4v) is 2.55. The standard InChI is InChI=1S/C18H22/c1-4-15-10-14(3)11-16(12-15)13-18-9-7-6-8-17(18)5-2/h6-12H,4-5,13H2,1-3H3. The summed E-state index contributed by atoms with van der Waals surface area (Å²) in [5.74, 6) is 0. The second-order valence-electron chi connectivity index (χ2n) is 4.98. The van der Waals surface area contributed by atoms with Crippen LogP contribution in [0.2, 0.25) is 0 Å². The number of benzene rings is 2. The van der Waals surface area contributed by atoms with Crippen molar-refractivity contribution in [3.8, 4) is 0 Å². The Bertz CT molecular complexity index is 523. The minimum absolute atomic E-state index is 1.05. The molecule has 0 heteroatoms. The van der Waals surface area contributed by atoms with Crippen LogP contribution in [-0.2, 0) is 19.3 Å². The van der Waals surface area contributed by atoms with Gasteiger partial charge in [0.05, 0.1) is 0 Å². The molecule has 0 N–H and O–H groups in total. The van der Waals surface area contributed by atoms with Gasteiger partial charge in [-0.05, 0) is 48.4 Å². The molecule has 0 aliphatic heterocycles. The van der Waals surface area contributed by atoms with Crippen LogP contribution in [-0.4, -0.2) is 0 Å². The van der Waals surface area contributed by atoms with Gasteiger partial charge in [0.15, 0.2) is 0 Å². The third-order valence-electron chi connectivity index (χ3n) is 3.50. The molecule has 0 spiro atoms. The van der Waals surface area contributed by atoms with Crippen molar-refractivity contribution in [3.05, 3.63) is 70.3 Å².